The first-order valence-corrected chi connectivity index (χ1v) is 4.14. The Balaban J connectivity index is 2.80. The third-order valence-electron chi connectivity index (χ3n) is 1.52. The van der Waals surface area contributed by atoms with E-state index in [0.29, 0.717) is 11.3 Å². The number of rotatable bonds is 1. The highest BCUT2D eigenvalue weighted by Crippen LogP contribution is 2.26. The summed E-state index contributed by atoms with van der Waals surface area (Å²) in [6, 6.07) is 0. The summed E-state index contributed by atoms with van der Waals surface area (Å²) in [7, 11) is 1.82. The second-order valence-corrected chi connectivity index (χ2v) is 2.99. The summed E-state index contributed by atoms with van der Waals surface area (Å²) in [5.74, 6) is 0.428. The molecule has 0 atom stereocenters. The summed E-state index contributed by atoms with van der Waals surface area (Å²) in [6.45, 7) is 0. The number of hydrogen-bond acceptors (Lipinski definition) is 6. The predicted octanol–water partition coefficient (Wildman–Crippen LogP) is 0.710. The van der Waals surface area contributed by atoms with Gasteiger partial charge in [-0.2, -0.15) is 4.37 Å². The lowest BCUT2D eigenvalue weighted by molar-refractivity contribution is 1.23. The Hall–Kier alpha value is -1.43. The van der Waals surface area contributed by atoms with Crippen LogP contribution in [0.25, 0.3) is 11.0 Å². The van der Waals surface area contributed by atoms with Crippen molar-refractivity contribution in [2.45, 2.75) is 0 Å². The van der Waals surface area contributed by atoms with E-state index < -0.39 is 0 Å². The van der Waals surface area contributed by atoms with Gasteiger partial charge in [-0.1, -0.05) is 0 Å². The van der Waals surface area contributed by atoms with E-state index in [1.54, 1.807) is 0 Å². The van der Waals surface area contributed by atoms with Gasteiger partial charge in [-0.05, 0) is 11.5 Å². The normalized spacial score (nSPS) is 10.4. The zero-order valence-corrected chi connectivity index (χ0v) is 7.22. The van der Waals surface area contributed by atoms with Crippen molar-refractivity contribution in [3.05, 3.63) is 6.33 Å². The van der Waals surface area contributed by atoms with Crippen LogP contribution in [-0.2, 0) is 0 Å². The molecule has 0 amide bonds. The number of nitrogen functional groups attached to an aromatic ring is 1. The Morgan fingerprint density at radius 1 is 1.42 bits per heavy atom. The number of fused-ring (bicyclic) bond motifs is 1. The molecule has 2 rings (SSSR count). The minimum Gasteiger partial charge on any atom is -0.382 e. The molecule has 62 valence electrons. The lowest BCUT2D eigenvalue weighted by Gasteiger charge is -1.93. The van der Waals surface area contributed by atoms with Crippen molar-refractivity contribution in [1.82, 2.24) is 14.3 Å². The van der Waals surface area contributed by atoms with Crippen LogP contribution in [0.15, 0.2) is 6.33 Å². The van der Waals surface area contributed by atoms with E-state index in [4.69, 9.17) is 5.73 Å². The molecule has 5 nitrogen and oxygen atoms in total. The minimum absolute atomic E-state index is 0.428. The van der Waals surface area contributed by atoms with E-state index in [1.807, 2.05) is 7.05 Å². The van der Waals surface area contributed by atoms with Gasteiger partial charge in [-0.15, -0.1) is 0 Å². The fraction of sp³-hybridized carbons (Fsp3) is 0.167. The maximum atomic E-state index is 5.59. The van der Waals surface area contributed by atoms with Gasteiger partial charge in [-0.25, -0.2) is 9.97 Å². The molecule has 0 unspecified atom stereocenters. The van der Waals surface area contributed by atoms with Crippen molar-refractivity contribution in [1.29, 1.82) is 0 Å². The van der Waals surface area contributed by atoms with Gasteiger partial charge in [0.05, 0.1) is 0 Å². The average Bonchev–Trinajstić information content (AvgIpc) is 2.49. The minimum atomic E-state index is 0.428. The molecule has 0 saturated heterocycles. The third-order valence-corrected chi connectivity index (χ3v) is 2.37. The van der Waals surface area contributed by atoms with Gasteiger partial charge in [0.25, 0.3) is 0 Å². The zero-order chi connectivity index (χ0) is 8.55. The summed E-state index contributed by atoms with van der Waals surface area (Å²) in [5, 5.41) is 3.90. The summed E-state index contributed by atoms with van der Waals surface area (Å²) < 4.78 is 4.12. The Morgan fingerprint density at radius 3 is 3.00 bits per heavy atom. The van der Waals surface area contributed by atoms with E-state index in [2.05, 4.69) is 19.7 Å². The number of hydrogen-bond donors (Lipinski definition) is 2. The first-order valence-electron chi connectivity index (χ1n) is 3.36. The third kappa shape index (κ3) is 0.884. The first-order chi connectivity index (χ1) is 5.83. The van der Waals surface area contributed by atoms with Gasteiger partial charge in [-0.3, -0.25) is 0 Å². The number of nitrogens with two attached hydrogens (primary N) is 1. The zero-order valence-electron chi connectivity index (χ0n) is 6.40. The van der Waals surface area contributed by atoms with E-state index >= 15 is 0 Å². The van der Waals surface area contributed by atoms with Crippen LogP contribution in [0.1, 0.15) is 0 Å². The molecular formula is C6H7N5S. The van der Waals surface area contributed by atoms with Crippen molar-refractivity contribution < 1.29 is 0 Å². The number of nitrogens with one attached hydrogen (secondary N) is 1. The summed E-state index contributed by atoms with van der Waals surface area (Å²) in [6.07, 6.45) is 1.44. The Bertz CT molecular complexity index is 409. The number of anilines is 2. The molecule has 0 spiro atoms. The first kappa shape index (κ1) is 7.23. The molecule has 2 aromatic rings. The van der Waals surface area contributed by atoms with E-state index in [-0.39, 0.29) is 0 Å². The van der Waals surface area contributed by atoms with E-state index in [9.17, 15) is 0 Å². The molecule has 2 heterocycles. The smallest absolute Gasteiger partial charge is 0.154 e. The Kier molecular flexibility index (Phi) is 1.54. The fourth-order valence-corrected chi connectivity index (χ4v) is 1.64. The van der Waals surface area contributed by atoms with Crippen molar-refractivity contribution in [3.8, 4) is 0 Å². The molecule has 12 heavy (non-hydrogen) atoms. The average molecular weight is 181 g/mol. The van der Waals surface area contributed by atoms with Gasteiger partial charge in [0.2, 0.25) is 0 Å². The molecule has 6 heteroatoms. The molecular weight excluding hydrogens is 174 g/mol. The Morgan fingerprint density at radius 2 is 2.25 bits per heavy atom. The maximum Gasteiger partial charge on any atom is 0.154 e. The standard InChI is InChI=1S/C6H7N5S/c1-8-6-4-3(11-12-6)5(7)10-2-9-4/h2,8H,1H3,(H2,7,9,10). The highest BCUT2D eigenvalue weighted by Gasteiger charge is 2.08. The van der Waals surface area contributed by atoms with Crippen molar-refractivity contribution in [2.75, 3.05) is 18.1 Å². The van der Waals surface area contributed by atoms with Crippen molar-refractivity contribution in [3.63, 3.8) is 0 Å². The quantitative estimate of drug-likeness (QED) is 0.677. The van der Waals surface area contributed by atoms with Gasteiger partial charge in [0, 0.05) is 7.05 Å². The molecule has 0 aliphatic carbocycles. The predicted molar refractivity (Wildman–Crippen MR) is 49.2 cm³/mol. The fourth-order valence-electron chi connectivity index (χ4n) is 0.947. The molecule has 2 aromatic heterocycles. The number of nitrogens with zero attached hydrogens (tertiary/aromatic N) is 3. The van der Waals surface area contributed by atoms with Crippen LogP contribution in [0.4, 0.5) is 10.8 Å². The molecule has 0 bridgehead atoms. The van der Waals surface area contributed by atoms with Crippen molar-refractivity contribution >= 4 is 33.4 Å². The van der Waals surface area contributed by atoms with Crippen LogP contribution in [-0.4, -0.2) is 21.4 Å². The van der Waals surface area contributed by atoms with Crippen LogP contribution < -0.4 is 11.1 Å². The highest BCUT2D eigenvalue weighted by atomic mass is 32.1. The second kappa shape index (κ2) is 2.56. The molecule has 3 N–H and O–H groups in total. The Labute approximate surface area is 72.8 Å². The molecule has 0 aliphatic rings. The molecule has 0 radical (unpaired) electrons. The summed E-state index contributed by atoms with van der Waals surface area (Å²) in [5.41, 5.74) is 7.05. The topological polar surface area (TPSA) is 76.7 Å². The van der Waals surface area contributed by atoms with Gasteiger partial charge < -0.3 is 11.1 Å². The molecule has 0 fully saturated rings. The van der Waals surface area contributed by atoms with Crippen LogP contribution in [0.3, 0.4) is 0 Å². The van der Waals surface area contributed by atoms with Crippen LogP contribution in [0, 0.1) is 0 Å². The van der Waals surface area contributed by atoms with Gasteiger partial charge in [0.15, 0.2) is 5.82 Å². The van der Waals surface area contributed by atoms with Crippen LogP contribution in [0.5, 0.6) is 0 Å². The lowest BCUT2D eigenvalue weighted by Crippen LogP contribution is -1.93. The molecule has 0 aromatic carbocycles. The van der Waals surface area contributed by atoms with Gasteiger partial charge in [0.1, 0.15) is 22.4 Å². The van der Waals surface area contributed by atoms with Crippen LogP contribution in [0.2, 0.25) is 0 Å². The lowest BCUT2D eigenvalue weighted by atomic mass is 10.4. The SMILES string of the molecule is CNc1snc2c(N)ncnc12. The highest BCUT2D eigenvalue weighted by molar-refractivity contribution is 7.11. The maximum absolute atomic E-state index is 5.59. The van der Waals surface area contributed by atoms with E-state index in [0.717, 1.165) is 10.5 Å². The molecule has 0 aliphatic heterocycles. The monoisotopic (exact) mass is 181 g/mol. The summed E-state index contributed by atoms with van der Waals surface area (Å²) in [4.78, 5) is 7.91. The largest absolute Gasteiger partial charge is 0.382 e. The van der Waals surface area contributed by atoms with Crippen LogP contribution >= 0.6 is 11.5 Å². The number of aromatic nitrogens is 3. The van der Waals surface area contributed by atoms with Gasteiger partial charge >= 0.3 is 0 Å². The van der Waals surface area contributed by atoms with Crippen molar-refractivity contribution in [2.24, 2.45) is 0 Å². The van der Waals surface area contributed by atoms with E-state index in [1.165, 1.54) is 17.9 Å². The molecule has 0 saturated carbocycles. The summed E-state index contributed by atoms with van der Waals surface area (Å²) >= 11 is 1.33. The second-order valence-electron chi connectivity index (χ2n) is 2.22.